The number of aliphatic hydroxyl groups is 1. The molecule has 0 saturated heterocycles. The first-order valence-corrected chi connectivity index (χ1v) is 12.9. The van der Waals surface area contributed by atoms with E-state index < -0.39 is 47.8 Å². The van der Waals surface area contributed by atoms with Gasteiger partial charge in [-0.3, -0.25) is 4.79 Å². The number of halogens is 1. The second-order valence-electron chi connectivity index (χ2n) is 10.0. The van der Waals surface area contributed by atoms with Crippen molar-refractivity contribution in [3.8, 4) is 5.75 Å². The zero-order valence-corrected chi connectivity index (χ0v) is 21.5. The van der Waals surface area contributed by atoms with E-state index in [1.165, 1.54) is 30.2 Å². The van der Waals surface area contributed by atoms with Crippen LogP contribution >= 0.6 is 0 Å². The smallest absolute Gasteiger partial charge is 0.349 e. The molecule has 1 unspecified atom stereocenters. The molecular weight excluding hydrogens is 517 g/mol. The Kier molecular flexibility index (Phi) is 6.59. The van der Waals surface area contributed by atoms with E-state index >= 15 is 0 Å². The maximum absolute atomic E-state index is 14.1. The molecule has 2 aromatic carbocycles. The molecule has 204 valence electrons. The van der Waals surface area contributed by atoms with Gasteiger partial charge in [-0.1, -0.05) is 54.6 Å². The van der Waals surface area contributed by atoms with Gasteiger partial charge in [0.1, 0.15) is 35.3 Å². The molecule has 1 N–H and O–H groups in total. The molecule has 3 aromatic rings. The average molecular weight is 544 g/mol. The summed E-state index contributed by atoms with van der Waals surface area (Å²) in [5.41, 5.74) is 0.823. The molecule has 5 atom stereocenters. The monoisotopic (exact) mass is 543 g/mol. The fourth-order valence-electron chi connectivity index (χ4n) is 5.65. The largest absolute Gasteiger partial charge is 0.486 e. The molecule has 3 aliphatic rings. The number of hydrogen-bond donors (Lipinski definition) is 1. The second-order valence-corrected chi connectivity index (χ2v) is 10.0. The fourth-order valence-corrected chi connectivity index (χ4v) is 5.65. The van der Waals surface area contributed by atoms with E-state index in [9.17, 15) is 23.9 Å². The molecule has 1 amide bonds. The van der Waals surface area contributed by atoms with Crippen molar-refractivity contribution >= 4 is 22.8 Å². The van der Waals surface area contributed by atoms with E-state index in [0.29, 0.717) is 22.3 Å². The van der Waals surface area contributed by atoms with E-state index in [-0.39, 0.29) is 24.1 Å². The van der Waals surface area contributed by atoms with Gasteiger partial charge in [-0.05, 0) is 29.8 Å². The van der Waals surface area contributed by atoms with Crippen molar-refractivity contribution in [2.75, 3.05) is 13.7 Å². The van der Waals surface area contributed by atoms with Crippen LogP contribution in [0.4, 0.5) is 4.39 Å². The number of amides is 1. The van der Waals surface area contributed by atoms with Gasteiger partial charge in [0.15, 0.2) is 0 Å². The lowest BCUT2D eigenvalue weighted by Gasteiger charge is -2.40. The zero-order valence-electron chi connectivity index (χ0n) is 21.5. The average Bonchev–Trinajstić information content (AvgIpc) is 3.36. The van der Waals surface area contributed by atoms with Crippen LogP contribution in [-0.2, 0) is 9.53 Å². The summed E-state index contributed by atoms with van der Waals surface area (Å²) < 4.78 is 30.4. The number of nitrogens with zero attached hydrogens (tertiary/aromatic N) is 1. The van der Waals surface area contributed by atoms with E-state index in [0.717, 1.165) is 5.56 Å². The Bertz CT molecular complexity index is 1650. The standard InChI is InChI=1S/C31H26FNO7/c1-38-30(36)21-15-23(27(34)28-26(21)20-7-3-5-9-25(20)39-28)33(16-17-10-12-19(32)13-11-17)29(35)22-14-18-6-2-4-8-24(18)40-31(22)37/h2-12,14-15,19,23,26-28,34H,13,16H2,1H3/t19?,23-,26+,27+,28+/m1/s1. The van der Waals surface area contributed by atoms with Crippen molar-refractivity contribution < 1.29 is 33.0 Å². The summed E-state index contributed by atoms with van der Waals surface area (Å²) in [6, 6.07) is 14.3. The highest BCUT2D eigenvalue weighted by Crippen LogP contribution is 2.47. The molecule has 1 aromatic heterocycles. The van der Waals surface area contributed by atoms with Gasteiger partial charge >= 0.3 is 11.6 Å². The summed E-state index contributed by atoms with van der Waals surface area (Å²) in [5.74, 6) is -1.43. The van der Waals surface area contributed by atoms with Crippen molar-refractivity contribution in [2.24, 2.45) is 0 Å². The summed E-state index contributed by atoms with van der Waals surface area (Å²) in [6.07, 6.45) is 2.96. The van der Waals surface area contributed by atoms with Gasteiger partial charge in [-0.15, -0.1) is 0 Å². The van der Waals surface area contributed by atoms with Gasteiger partial charge < -0.3 is 23.9 Å². The lowest BCUT2D eigenvalue weighted by Crippen LogP contribution is -2.56. The first-order valence-electron chi connectivity index (χ1n) is 12.9. The van der Waals surface area contributed by atoms with Crippen LogP contribution in [0, 0.1) is 0 Å². The minimum absolute atomic E-state index is 0.0642. The third kappa shape index (κ3) is 4.42. The van der Waals surface area contributed by atoms with Gasteiger partial charge in [-0.2, -0.15) is 0 Å². The van der Waals surface area contributed by atoms with Crippen LogP contribution in [0.25, 0.3) is 11.0 Å². The van der Waals surface area contributed by atoms with Gasteiger partial charge in [0, 0.05) is 29.5 Å². The van der Waals surface area contributed by atoms with E-state index in [1.54, 1.807) is 48.6 Å². The number of methoxy groups -OCH3 is 1. The highest BCUT2D eigenvalue weighted by atomic mass is 19.1. The lowest BCUT2D eigenvalue weighted by molar-refractivity contribution is -0.137. The van der Waals surface area contributed by atoms with Gasteiger partial charge in [-0.25, -0.2) is 14.0 Å². The van der Waals surface area contributed by atoms with Crippen molar-refractivity contribution in [1.82, 2.24) is 4.90 Å². The number of alkyl halides is 1. The van der Waals surface area contributed by atoms with Crippen molar-refractivity contribution in [3.05, 3.63) is 112 Å². The minimum Gasteiger partial charge on any atom is -0.486 e. The Labute approximate surface area is 228 Å². The van der Waals surface area contributed by atoms with E-state index in [4.69, 9.17) is 13.9 Å². The van der Waals surface area contributed by atoms with Crippen LogP contribution in [-0.4, -0.2) is 60.0 Å². The molecule has 0 bridgehead atoms. The molecule has 9 heteroatoms. The quantitative estimate of drug-likeness (QED) is 0.385. The molecule has 6 rings (SSSR count). The van der Waals surface area contributed by atoms with Crippen LogP contribution in [0.5, 0.6) is 5.75 Å². The van der Waals surface area contributed by atoms with E-state index in [1.807, 2.05) is 12.1 Å². The fraction of sp³-hybridized carbons (Fsp3) is 0.258. The highest BCUT2D eigenvalue weighted by Gasteiger charge is 2.51. The van der Waals surface area contributed by atoms with Crippen molar-refractivity contribution in [3.63, 3.8) is 0 Å². The molecular formula is C31H26FNO7. The topological polar surface area (TPSA) is 106 Å². The van der Waals surface area contributed by atoms with Gasteiger partial charge in [0.25, 0.3) is 5.91 Å². The molecule has 0 saturated carbocycles. The van der Waals surface area contributed by atoms with Crippen LogP contribution in [0.3, 0.4) is 0 Å². The Morgan fingerprint density at radius 2 is 1.93 bits per heavy atom. The molecule has 0 spiro atoms. The summed E-state index contributed by atoms with van der Waals surface area (Å²) in [7, 11) is 1.26. The third-order valence-corrected chi connectivity index (χ3v) is 7.61. The lowest BCUT2D eigenvalue weighted by atomic mass is 9.77. The molecule has 2 heterocycles. The van der Waals surface area contributed by atoms with Crippen LogP contribution in [0.1, 0.15) is 28.3 Å². The number of esters is 1. The normalized spacial score (nSPS) is 24.8. The maximum atomic E-state index is 14.1. The number of allylic oxidation sites excluding steroid dienone is 2. The molecule has 8 nitrogen and oxygen atoms in total. The number of ether oxygens (including phenoxy) is 2. The number of aliphatic hydroxyl groups excluding tert-OH is 1. The molecule has 0 fully saturated rings. The number of rotatable bonds is 5. The summed E-state index contributed by atoms with van der Waals surface area (Å²) in [4.78, 5) is 41.3. The molecule has 2 aliphatic carbocycles. The van der Waals surface area contributed by atoms with Crippen LogP contribution in [0.2, 0.25) is 0 Å². The van der Waals surface area contributed by atoms with Gasteiger partial charge in [0.2, 0.25) is 0 Å². The number of para-hydroxylation sites is 2. The van der Waals surface area contributed by atoms with Crippen molar-refractivity contribution in [2.45, 2.75) is 36.8 Å². The Hall–Kier alpha value is -4.50. The van der Waals surface area contributed by atoms with Crippen LogP contribution < -0.4 is 10.4 Å². The number of benzene rings is 2. The SMILES string of the molecule is COC(=O)C1=C[C@@H](N(CC2=CCC(F)C=C2)C(=O)c2cc3ccccc3oc2=O)[C@H](O)[C@H]2Oc3ccccc3[C@@H]12. The number of fused-ring (bicyclic) bond motifs is 4. The molecule has 40 heavy (non-hydrogen) atoms. The Balaban J connectivity index is 1.46. The number of carbonyl (C=O) groups excluding carboxylic acids is 2. The Morgan fingerprint density at radius 1 is 1.15 bits per heavy atom. The maximum Gasteiger partial charge on any atom is 0.349 e. The summed E-state index contributed by atoms with van der Waals surface area (Å²) in [5, 5.41) is 12.2. The Morgan fingerprint density at radius 3 is 2.70 bits per heavy atom. The zero-order chi connectivity index (χ0) is 28.0. The second kappa shape index (κ2) is 10.2. The molecule has 0 radical (unpaired) electrons. The predicted octanol–water partition coefficient (Wildman–Crippen LogP) is 3.85. The molecule has 1 aliphatic heterocycles. The number of hydrogen-bond acceptors (Lipinski definition) is 7. The first-order chi connectivity index (χ1) is 19.4. The van der Waals surface area contributed by atoms with E-state index in [2.05, 4.69) is 0 Å². The van der Waals surface area contributed by atoms with Crippen molar-refractivity contribution in [1.29, 1.82) is 0 Å². The van der Waals surface area contributed by atoms with Crippen LogP contribution in [0.15, 0.2) is 99.3 Å². The summed E-state index contributed by atoms with van der Waals surface area (Å²) >= 11 is 0. The first kappa shape index (κ1) is 25.8. The highest BCUT2D eigenvalue weighted by molar-refractivity contribution is 5.98. The summed E-state index contributed by atoms with van der Waals surface area (Å²) in [6.45, 7) is -0.0642. The number of carbonyl (C=O) groups is 2. The van der Waals surface area contributed by atoms with Gasteiger partial charge in [0.05, 0.1) is 19.1 Å². The minimum atomic E-state index is -1.27. The third-order valence-electron chi connectivity index (χ3n) is 7.61. The predicted molar refractivity (Wildman–Crippen MR) is 144 cm³/mol.